The molecule has 1 saturated heterocycles. The lowest BCUT2D eigenvalue weighted by atomic mass is 10.0. The van der Waals surface area contributed by atoms with Crippen molar-refractivity contribution in [3.63, 3.8) is 0 Å². The zero-order chi connectivity index (χ0) is 18.0. The van der Waals surface area contributed by atoms with Gasteiger partial charge in [0, 0.05) is 12.1 Å². The number of carbonyl (C=O) groups excluding carboxylic acids is 4. The van der Waals surface area contributed by atoms with Crippen LogP contribution in [0.2, 0.25) is 0 Å². The van der Waals surface area contributed by atoms with Crippen molar-refractivity contribution in [2.24, 2.45) is 0 Å². The molecule has 7 nitrogen and oxygen atoms in total. The number of piperidine rings is 1. The van der Waals surface area contributed by atoms with Crippen molar-refractivity contribution >= 4 is 29.3 Å². The van der Waals surface area contributed by atoms with Crippen molar-refractivity contribution in [2.45, 2.75) is 18.9 Å². The number of nitrogen functional groups attached to an aromatic ring is 1. The largest absolute Gasteiger partial charge is 0.398 e. The zero-order valence-electron chi connectivity index (χ0n) is 14.1. The fourth-order valence-corrected chi connectivity index (χ4v) is 2.18. The van der Waals surface area contributed by atoms with Crippen LogP contribution in [0.3, 0.4) is 0 Å². The van der Waals surface area contributed by atoms with E-state index in [9.17, 15) is 19.2 Å². The van der Waals surface area contributed by atoms with Crippen molar-refractivity contribution in [1.82, 2.24) is 10.2 Å². The molecule has 7 heteroatoms. The van der Waals surface area contributed by atoms with E-state index in [1.54, 1.807) is 0 Å². The Hall–Kier alpha value is -2.70. The first-order valence-corrected chi connectivity index (χ1v) is 5.73. The van der Waals surface area contributed by atoms with E-state index >= 15 is 0 Å². The van der Waals surface area contributed by atoms with E-state index < -0.39 is 71.0 Å². The quantitative estimate of drug-likeness (QED) is 0.539. The molecule has 3 N–H and O–H groups in total. The zero-order valence-corrected chi connectivity index (χ0v) is 10.1. The number of hydrogen-bond acceptors (Lipinski definition) is 5. The second-order valence-electron chi connectivity index (χ2n) is 4.31. The summed E-state index contributed by atoms with van der Waals surface area (Å²) in [5.41, 5.74) is 4.22. The predicted molar refractivity (Wildman–Crippen MR) is 67.5 cm³/mol. The Morgan fingerprint density at radius 3 is 2.75 bits per heavy atom. The number of nitrogens with two attached hydrogens (primary N) is 1. The van der Waals surface area contributed by atoms with E-state index in [2.05, 4.69) is 0 Å². The van der Waals surface area contributed by atoms with Crippen LogP contribution in [0.25, 0.3) is 0 Å². The Labute approximate surface area is 119 Å². The summed E-state index contributed by atoms with van der Waals surface area (Å²) in [4.78, 5) is 48.8. The van der Waals surface area contributed by atoms with Gasteiger partial charge in [0.05, 0.1) is 16.6 Å². The maximum absolute atomic E-state index is 12.6. The number of imide groups is 2. The fraction of sp³-hybridized carbons (Fsp3) is 0.231. The topological polar surface area (TPSA) is 110 Å². The minimum absolute atomic E-state index is 0.237. The van der Waals surface area contributed by atoms with Gasteiger partial charge in [-0.25, -0.2) is 0 Å². The van der Waals surface area contributed by atoms with Crippen LogP contribution in [0, 0.1) is 0 Å². The maximum atomic E-state index is 12.6. The van der Waals surface area contributed by atoms with Gasteiger partial charge >= 0.3 is 0 Å². The molecule has 20 heavy (non-hydrogen) atoms. The summed E-state index contributed by atoms with van der Waals surface area (Å²) in [6.07, 6.45) is -0.628. The van der Waals surface area contributed by atoms with Crippen molar-refractivity contribution in [2.75, 3.05) is 5.73 Å². The third-order valence-electron chi connectivity index (χ3n) is 3.11. The van der Waals surface area contributed by atoms with Crippen LogP contribution in [0.1, 0.15) is 39.0 Å². The van der Waals surface area contributed by atoms with Gasteiger partial charge in [-0.3, -0.25) is 29.4 Å². The highest BCUT2D eigenvalue weighted by atomic mass is 16.2. The van der Waals surface area contributed by atoms with Crippen LogP contribution >= 0.6 is 0 Å². The molecule has 2 aliphatic heterocycles. The van der Waals surface area contributed by atoms with Gasteiger partial charge in [-0.1, -0.05) is 6.04 Å². The van der Waals surface area contributed by atoms with Crippen LogP contribution in [0.15, 0.2) is 18.1 Å². The summed E-state index contributed by atoms with van der Waals surface area (Å²) in [6, 6.07) is -4.23. The van der Waals surface area contributed by atoms with Crippen LogP contribution < -0.4 is 11.1 Å². The van der Waals surface area contributed by atoms with Crippen molar-refractivity contribution in [3.8, 4) is 0 Å². The fourth-order valence-electron chi connectivity index (χ4n) is 2.18. The summed E-state index contributed by atoms with van der Waals surface area (Å²) < 4.78 is 31.3. The average Bonchev–Trinajstić information content (AvgIpc) is 2.79. The number of hydrogen-bond donors (Lipinski definition) is 2. The third kappa shape index (κ3) is 1.59. The van der Waals surface area contributed by atoms with E-state index in [1.165, 1.54) is 0 Å². The molecule has 0 spiro atoms. The van der Waals surface area contributed by atoms with Crippen molar-refractivity contribution in [1.29, 1.82) is 0 Å². The highest BCUT2D eigenvalue weighted by molar-refractivity contribution is 6.25. The molecule has 3 rings (SSSR count). The van der Waals surface area contributed by atoms with Crippen LogP contribution in [0.4, 0.5) is 5.69 Å². The van der Waals surface area contributed by atoms with Crippen LogP contribution in [-0.4, -0.2) is 34.5 Å². The molecule has 2 aliphatic rings. The Kier molecular flexibility index (Phi) is 1.76. The number of fused-ring (bicyclic) bond motifs is 1. The van der Waals surface area contributed by atoms with Gasteiger partial charge in [0.2, 0.25) is 11.8 Å². The number of rotatable bonds is 1. The number of anilines is 1. The Morgan fingerprint density at radius 2 is 2.05 bits per heavy atom. The van der Waals surface area contributed by atoms with Crippen molar-refractivity contribution < 1.29 is 24.7 Å². The number of nitrogens with one attached hydrogen (secondary N) is 1. The van der Waals surface area contributed by atoms with Crippen LogP contribution in [0.5, 0.6) is 0 Å². The van der Waals surface area contributed by atoms with Crippen molar-refractivity contribution in [3.05, 3.63) is 29.3 Å². The molecule has 0 saturated carbocycles. The molecule has 0 aliphatic carbocycles. The van der Waals surface area contributed by atoms with Gasteiger partial charge in [-0.15, -0.1) is 0 Å². The normalized spacial score (nSPS) is 28.5. The van der Waals surface area contributed by atoms with Gasteiger partial charge in [-0.05, 0) is 18.5 Å². The SMILES string of the molecule is [2H]c1c([2H])c(N)c2c(c1[2H])C(=O)N([C@]1([2H])CCC(=O)NC1=O)C2=O. The first kappa shape index (κ1) is 8.47. The first-order valence-electron chi connectivity index (χ1n) is 7.73. The molecular weight excluding hydrogens is 262 g/mol. The first-order chi connectivity index (χ1) is 11.1. The lowest BCUT2D eigenvalue weighted by Crippen LogP contribution is -2.54. The van der Waals surface area contributed by atoms with Gasteiger partial charge in [0.1, 0.15) is 6.02 Å². The van der Waals surface area contributed by atoms with Gasteiger partial charge in [0.15, 0.2) is 0 Å². The Bertz CT molecular complexity index is 809. The lowest BCUT2D eigenvalue weighted by molar-refractivity contribution is -0.136. The monoisotopic (exact) mass is 277 g/mol. The molecule has 1 atom stereocenters. The molecule has 0 radical (unpaired) electrons. The molecule has 2 heterocycles. The molecule has 0 unspecified atom stereocenters. The van der Waals surface area contributed by atoms with E-state index in [-0.39, 0.29) is 6.42 Å². The lowest BCUT2D eigenvalue weighted by Gasteiger charge is -2.27. The molecule has 4 amide bonds. The van der Waals surface area contributed by atoms with E-state index in [0.717, 1.165) is 0 Å². The summed E-state index contributed by atoms with van der Waals surface area (Å²) in [5.74, 6) is -3.95. The molecule has 1 aromatic carbocycles. The van der Waals surface area contributed by atoms with Gasteiger partial charge < -0.3 is 5.73 Å². The second-order valence-corrected chi connectivity index (χ2v) is 4.31. The number of nitrogens with zero attached hydrogens (tertiary/aromatic N) is 1. The number of amides is 4. The summed E-state index contributed by atoms with van der Waals surface area (Å²) >= 11 is 0. The molecular formula is C13H11N3O4. The summed E-state index contributed by atoms with van der Waals surface area (Å²) in [6.45, 7) is 0. The molecule has 0 bridgehead atoms. The maximum Gasteiger partial charge on any atom is 0.264 e. The van der Waals surface area contributed by atoms with E-state index in [1.807, 2.05) is 5.32 Å². The molecule has 1 fully saturated rings. The standard InChI is InChI=1S/C13H11N3O4/c14-7-3-1-2-6-10(7)13(20)16(12(6)19)8-4-5-9(17)15-11(8)18/h1-3,8H,4-5,14H2,(H,15,17,18)/t8-/m1/s1/i1D,2D,3D,8D. The average molecular weight is 277 g/mol. The number of carbonyl (C=O) groups is 4. The molecule has 102 valence electrons. The van der Waals surface area contributed by atoms with E-state index in [0.29, 0.717) is 4.90 Å². The van der Waals surface area contributed by atoms with Crippen LogP contribution in [-0.2, 0) is 9.59 Å². The Balaban J connectivity index is 2.18. The highest BCUT2D eigenvalue weighted by Crippen LogP contribution is 2.30. The smallest absolute Gasteiger partial charge is 0.264 e. The summed E-state index contributed by atoms with van der Waals surface area (Å²) in [5, 5.41) is 1.90. The number of benzene rings is 1. The minimum atomic E-state index is -2.36. The molecule has 1 aromatic rings. The minimum Gasteiger partial charge on any atom is -0.398 e. The predicted octanol–water partition coefficient (Wildman–Crippen LogP) is -0.330. The highest BCUT2D eigenvalue weighted by Gasteiger charge is 2.45. The second kappa shape index (κ2) is 4.16. The van der Waals surface area contributed by atoms with Gasteiger partial charge in [0.25, 0.3) is 11.8 Å². The Morgan fingerprint density at radius 1 is 1.30 bits per heavy atom. The summed E-state index contributed by atoms with van der Waals surface area (Å²) in [7, 11) is 0. The third-order valence-corrected chi connectivity index (χ3v) is 3.11. The van der Waals surface area contributed by atoms with E-state index in [4.69, 9.17) is 11.2 Å². The van der Waals surface area contributed by atoms with Gasteiger partial charge in [-0.2, -0.15) is 0 Å². The molecule has 0 aromatic heterocycles.